The first-order valence-electron chi connectivity index (χ1n) is 18.5. The quantitative estimate of drug-likeness (QED) is 0.0639. The molecule has 0 aliphatic rings. The molecule has 17 nitrogen and oxygen atoms in total. The molecule has 1 unspecified atom stereocenters. The summed E-state index contributed by atoms with van der Waals surface area (Å²) in [4.78, 5) is 74.6. The predicted octanol–water partition coefficient (Wildman–Crippen LogP) is 2.04. The van der Waals surface area contributed by atoms with E-state index in [4.69, 9.17) is 19.9 Å². The van der Waals surface area contributed by atoms with Crippen LogP contribution in [0.4, 0.5) is 15.3 Å². The summed E-state index contributed by atoms with van der Waals surface area (Å²) in [5, 5.41) is 19.2. The van der Waals surface area contributed by atoms with E-state index in [2.05, 4.69) is 37.2 Å². The third-order valence-corrected chi connectivity index (χ3v) is 8.16. The second kappa shape index (κ2) is 24.8. The largest absolute Gasteiger partial charge is 0.445 e. The van der Waals surface area contributed by atoms with Crippen molar-refractivity contribution in [1.82, 2.24) is 31.9 Å². The highest BCUT2D eigenvalue weighted by atomic mass is 16.6. The Morgan fingerprint density at radius 2 is 1.44 bits per heavy atom. The van der Waals surface area contributed by atoms with Crippen molar-refractivity contribution < 1.29 is 43.0 Å². The molecule has 0 aliphatic heterocycles. The molecule has 0 radical (unpaired) electrons. The van der Waals surface area contributed by atoms with Crippen molar-refractivity contribution in [2.45, 2.75) is 110 Å². The average Bonchev–Trinajstić information content (AvgIpc) is 3.11. The highest BCUT2D eigenvalue weighted by molar-refractivity contribution is 5.98. The molecule has 0 heterocycles. The molecular weight excluding hydrogens is 700 g/mol. The number of hydrogen-bond donors (Lipinski definition) is 8. The minimum atomic E-state index is -1.00. The van der Waals surface area contributed by atoms with Crippen LogP contribution < -0.4 is 43.0 Å². The van der Waals surface area contributed by atoms with Crippen LogP contribution in [0, 0.1) is 5.92 Å². The zero-order chi connectivity index (χ0) is 40.7. The minimum absolute atomic E-state index is 0.0353. The Balaban J connectivity index is 2.78. The number of benzene rings is 1. The van der Waals surface area contributed by atoms with Crippen LogP contribution in [0.15, 0.2) is 24.3 Å². The fraction of sp³-hybridized carbons (Fsp3) is 0.676. The Bertz CT molecular complexity index is 1340. The maximum absolute atomic E-state index is 13.5. The number of carbonyl (C=O) groups is 6. The summed E-state index contributed by atoms with van der Waals surface area (Å²) in [6.45, 7) is 15.1. The SMILES string of the molecule is CCC(=O)NCC(C)(C)OCCOC(C)(C)CCC(=O)NC(C(=O)N[C@@H](CCCNC(N)=O)C(=O)Nc1ccc(COC(=O)NCCNC)cc1)C(C)C. The van der Waals surface area contributed by atoms with Gasteiger partial charge < -0.3 is 57.2 Å². The number of amides is 7. The van der Waals surface area contributed by atoms with E-state index in [1.54, 1.807) is 52.1 Å². The van der Waals surface area contributed by atoms with Crippen LogP contribution in [0.1, 0.15) is 86.1 Å². The molecule has 7 amide bonds. The summed E-state index contributed by atoms with van der Waals surface area (Å²) in [7, 11) is 1.77. The van der Waals surface area contributed by atoms with E-state index in [0.29, 0.717) is 56.8 Å². The van der Waals surface area contributed by atoms with E-state index in [-0.39, 0.29) is 50.3 Å². The molecule has 1 aromatic carbocycles. The van der Waals surface area contributed by atoms with Crippen LogP contribution in [0.2, 0.25) is 0 Å². The molecule has 54 heavy (non-hydrogen) atoms. The molecule has 306 valence electrons. The number of anilines is 1. The number of likely N-dealkylation sites (N-methyl/N-ethyl adjacent to an activating group) is 1. The van der Waals surface area contributed by atoms with Crippen LogP contribution in [0.3, 0.4) is 0 Å². The Morgan fingerprint density at radius 1 is 0.796 bits per heavy atom. The van der Waals surface area contributed by atoms with Gasteiger partial charge in [-0.1, -0.05) is 32.9 Å². The first kappa shape index (κ1) is 47.5. The standard InChI is InChI=1S/C37H64N8O9/c1-9-29(46)42-24-37(6,7)54-22-21-53-36(4,5)17-16-30(47)45-31(25(2)3)33(49)44-28(11-10-18-40-34(38)50)32(48)43-27-14-12-26(13-15-27)23-52-35(51)41-20-19-39-8/h12-15,25,28,31,39H,9-11,16-24H2,1-8H3,(H,41,51)(H,42,46)(H,43,48)(H,44,49)(H,45,47)(H3,38,40,50)/t28-,31?/m0/s1. The van der Waals surface area contributed by atoms with Gasteiger partial charge in [-0.3, -0.25) is 19.2 Å². The zero-order valence-electron chi connectivity index (χ0n) is 33.3. The normalized spacial score (nSPS) is 12.6. The van der Waals surface area contributed by atoms with Crippen LogP contribution in [-0.4, -0.2) is 105 Å². The lowest BCUT2D eigenvalue weighted by atomic mass is 9.99. The molecule has 0 bridgehead atoms. The minimum Gasteiger partial charge on any atom is -0.445 e. The van der Waals surface area contributed by atoms with E-state index in [0.717, 1.165) is 0 Å². The van der Waals surface area contributed by atoms with Crippen molar-refractivity contribution in [2.75, 3.05) is 51.8 Å². The van der Waals surface area contributed by atoms with Gasteiger partial charge in [-0.15, -0.1) is 0 Å². The summed E-state index contributed by atoms with van der Waals surface area (Å²) < 4.78 is 17.0. The Morgan fingerprint density at radius 3 is 2.04 bits per heavy atom. The molecule has 9 N–H and O–H groups in total. The van der Waals surface area contributed by atoms with Crippen molar-refractivity contribution >= 4 is 41.4 Å². The van der Waals surface area contributed by atoms with Gasteiger partial charge in [0.05, 0.1) is 24.4 Å². The second-order valence-electron chi connectivity index (χ2n) is 14.4. The summed E-state index contributed by atoms with van der Waals surface area (Å²) in [6.07, 6.45) is 0.812. The van der Waals surface area contributed by atoms with Crippen LogP contribution >= 0.6 is 0 Å². The molecule has 2 atom stereocenters. The Labute approximate surface area is 319 Å². The van der Waals surface area contributed by atoms with Crippen molar-refractivity contribution in [3.05, 3.63) is 29.8 Å². The van der Waals surface area contributed by atoms with Crippen molar-refractivity contribution in [1.29, 1.82) is 0 Å². The van der Waals surface area contributed by atoms with Gasteiger partial charge in [0.1, 0.15) is 18.7 Å². The topological polar surface area (TPSA) is 240 Å². The molecule has 0 aliphatic carbocycles. The molecular formula is C37H64N8O9. The van der Waals surface area contributed by atoms with E-state index in [1.807, 2.05) is 27.7 Å². The first-order chi connectivity index (χ1) is 25.4. The van der Waals surface area contributed by atoms with Crippen molar-refractivity contribution in [3.63, 3.8) is 0 Å². The molecule has 0 spiro atoms. The molecule has 0 fully saturated rings. The number of carbonyl (C=O) groups excluding carboxylic acids is 6. The summed E-state index contributed by atoms with van der Waals surface area (Å²) in [6, 6.07) is 4.05. The smallest absolute Gasteiger partial charge is 0.407 e. The lowest BCUT2D eigenvalue weighted by Crippen LogP contribution is -2.54. The van der Waals surface area contributed by atoms with Crippen molar-refractivity contribution in [2.24, 2.45) is 11.7 Å². The maximum Gasteiger partial charge on any atom is 0.407 e. The number of hydrogen-bond acceptors (Lipinski definition) is 10. The summed E-state index contributed by atoms with van der Waals surface area (Å²) >= 11 is 0. The molecule has 1 rings (SSSR count). The zero-order valence-corrected chi connectivity index (χ0v) is 33.3. The number of urea groups is 1. The fourth-order valence-electron chi connectivity index (χ4n) is 4.84. The van der Waals surface area contributed by atoms with Gasteiger partial charge in [0.15, 0.2) is 0 Å². The lowest BCUT2D eigenvalue weighted by Gasteiger charge is -2.29. The molecule has 1 aromatic rings. The fourth-order valence-corrected chi connectivity index (χ4v) is 4.84. The van der Waals surface area contributed by atoms with E-state index in [1.165, 1.54) is 0 Å². The van der Waals surface area contributed by atoms with E-state index >= 15 is 0 Å². The average molecular weight is 765 g/mol. The number of primary amides is 1. The van der Waals surface area contributed by atoms with Gasteiger partial charge in [0.25, 0.3) is 0 Å². The highest BCUT2D eigenvalue weighted by Gasteiger charge is 2.30. The van der Waals surface area contributed by atoms with Gasteiger partial charge in [-0.25, -0.2) is 9.59 Å². The molecule has 0 saturated carbocycles. The molecule has 17 heteroatoms. The van der Waals surface area contributed by atoms with Gasteiger partial charge in [-0.2, -0.15) is 0 Å². The predicted molar refractivity (Wildman–Crippen MR) is 205 cm³/mol. The number of rotatable bonds is 26. The van der Waals surface area contributed by atoms with E-state index < -0.39 is 47.2 Å². The summed E-state index contributed by atoms with van der Waals surface area (Å²) in [5.41, 5.74) is 5.09. The number of nitrogens with one attached hydrogen (secondary N) is 7. The number of nitrogens with two attached hydrogens (primary N) is 1. The monoisotopic (exact) mass is 764 g/mol. The maximum atomic E-state index is 13.5. The number of alkyl carbamates (subject to hydrolysis) is 1. The van der Waals surface area contributed by atoms with Crippen LogP contribution in [-0.2, 0) is 40.0 Å². The molecule has 0 aromatic heterocycles. The third kappa shape index (κ3) is 21.3. The number of ether oxygens (including phenoxy) is 3. The second-order valence-corrected chi connectivity index (χ2v) is 14.4. The van der Waals surface area contributed by atoms with Crippen LogP contribution in [0.5, 0.6) is 0 Å². The van der Waals surface area contributed by atoms with Gasteiger partial charge in [-0.05, 0) is 77.6 Å². The van der Waals surface area contributed by atoms with E-state index in [9.17, 15) is 28.8 Å². The van der Waals surface area contributed by atoms with Gasteiger partial charge >= 0.3 is 12.1 Å². The Kier molecular flexibility index (Phi) is 21.8. The first-order valence-corrected chi connectivity index (χ1v) is 18.5. The van der Waals surface area contributed by atoms with Crippen molar-refractivity contribution in [3.8, 4) is 0 Å². The Hall–Kier alpha value is -4.48. The summed E-state index contributed by atoms with van der Waals surface area (Å²) in [5.74, 6) is -1.74. The third-order valence-electron chi connectivity index (χ3n) is 8.16. The molecule has 0 saturated heterocycles. The van der Waals surface area contributed by atoms with Gasteiger partial charge in [0.2, 0.25) is 23.6 Å². The highest BCUT2D eigenvalue weighted by Crippen LogP contribution is 2.18. The van der Waals surface area contributed by atoms with Gasteiger partial charge in [0, 0.05) is 44.7 Å². The lowest BCUT2D eigenvalue weighted by molar-refractivity contribution is -0.133. The van der Waals surface area contributed by atoms with Crippen LogP contribution in [0.25, 0.3) is 0 Å².